The third-order valence-corrected chi connectivity index (χ3v) is 10.8. The summed E-state index contributed by atoms with van der Waals surface area (Å²) < 4.78 is 0. The van der Waals surface area contributed by atoms with Crippen molar-refractivity contribution >= 4 is 0 Å². The van der Waals surface area contributed by atoms with Gasteiger partial charge in [-0.25, -0.2) is 0 Å². The van der Waals surface area contributed by atoms with E-state index >= 15 is 0 Å². The molecule has 2 aromatic carbocycles. The second-order valence-corrected chi connectivity index (χ2v) is 11.9. The van der Waals surface area contributed by atoms with Gasteiger partial charge in [0.15, 0.2) is 0 Å². The van der Waals surface area contributed by atoms with Crippen LogP contribution in [0.3, 0.4) is 0 Å². The molecule has 0 aliphatic heterocycles. The van der Waals surface area contributed by atoms with Crippen LogP contribution in [0.5, 0.6) is 0 Å². The first-order valence-electron chi connectivity index (χ1n) is 13.2. The van der Waals surface area contributed by atoms with Crippen molar-refractivity contribution < 1.29 is 0 Å². The molecule has 8 atom stereocenters. The van der Waals surface area contributed by atoms with Crippen LogP contribution in [0.1, 0.15) is 92.4 Å². The third-order valence-electron chi connectivity index (χ3n) is 10.8. The molecule has 0 heteroatoms. The van der Waals surface area contributed by atoms with Crippen LogP contribution in [0, 0.1) is 48.9 Å². The quantitative estimate of drug-likeness (QED) is 0.464. The van der Waals surface area contributed by atoms with Gasteiger partial charge in [0, 0.05) is 0 Å². The van der Waals surface area contributed by atoms with E-state index in [2.05, 4.69) is 69.3 Å². The van der Waals surface area contributed by atoms with Gasteiger partial charge in [-0.1, -0.05) is 68.3 Å². The fourth-order valence-corrected chi connectivity index (χ4v) is 9.91. The Morgan fingerprint density at radius 2 is 1.23 bits per heavy atom. The molecule has 4 aliphatic carbocycles. The average Bonchev–Trinajstić information content (AvgIpc) is 3.34. The summed E-state index contributed by atoms with van der Waals surface area (Å²) in [5.41, 5.74) is 7.01. The van der Waals surface area contributed by atoms with Gasteiger partial charge in [-0.15, -0.1) is 0 Å². The molecule has 1 spiro atoms. The highest BCUT2D eigenvalue weighted by molar-refractivity contribution is 5.33. The van der Waals surface area contributed by atoms with E-state index in [1.807, 2.05) is 0 Å². The maximum absolute atomic E-state index is 2.68. The molecule has 0 N–H and O–H groups in total. The van der Waals surface area contributed by atoms with E-state index in [0.29, 0.717) is 5.41 Å². The van der Waals surface area contributed by atoms with Crippen LogP contribution in [0.2, 0.25) is 0 Å². The normalized spacial score (nSPS) is 41.5. The third kappa shape index (κ3) is 2.93. The lowest BCUT2D eigenvalue weighted by Gasteiger charge is -2.60. The van der Waals surface area contributed by atoms with E-state index in [9.17, 15) is 0 Å². The molecule has 0 saturated heterocycles. The summed E-state index contributed by atoms with van der Waals surface area (Å²) >= 11 is 0. The maximum Gasteiger partial charge on any atom is -0.0154 e. The molecule has 31 heavy (non-hydrogen) atoms. The van der Waals surface area contributed by atoms with Gasteiger partial charge in [0.2, 0.25) is 0 Å². The summed E-state index contributed by atoms with van der Waals surface area (Å²) in [6.07, 6.45) is 11.9. The molecule has 6 rings (SSSR count). The molecular weight excluding hydrogens is 372 g/mol. The van der Waals surface area contributed by atoms with Gasteiger partial charge in [-0.3, -0.25) is 0 Å². The van der Waals surface area contributed by atoms with E-state index < -0.39 is 0 Å². The van der Waals surface area contributed by atoms with Crippen LogP contribution in [0.15, 0.2) is 48.5 Å². The van der Waals surface area contributed by atoms with Crippen molar-refractivity contribution in [1.29, 1.82) is 0 Å². The average molecular weight is 413 g/mol. The van der Waals surface area contributed by atoms with Gasteiger partial charge in [0.1, 0.15) is 0 Å². The number of fused-ring (bicyclic) bond motifs is 1. The highest BCUT2D eigenvalue weighted by Crippen LogP contribution is 2.73. The number of aryl methyl sites for hydroxylation is 2. The Hall–Kier alpha value is -1.56. The summed E-state index contributed by atoms with van der Waals surface area (Å²) in [7, 11) is 0. The molecule has 0 heterocycles. The molecule has 4 fully saturated rings. The van der Waals surface area contributed by atoms with E-state index in [1.54, 1.807) is 17.5 Å². The van der Waals surface area contributed by atoms with Crippen LogP contribution in [-0.2, 0) is 0 Å². The lowest BCUT2D eigenvalue weighted by atomic mass is 9.45. The molecular formula is C31H40. The zero-order valence-corrected chi connectivity index (χ0v) is 19.8. The Morgan fingerprint density at radius 1 is 0.677 bits per heavy atom. The van der Waals surface area contributed by atoms with Gasteiger partial charge < -0.3 is 0 Å². The molecule has 0 radical (unpaired) electrons. The largest absolute Gasteiger partial charge is 0.0620 e. The minimum absolute atomic E-state index is 0.652. The smallest absolute Gasteiger partial charge is 0.0154 e. The van der Waals surface area contributed by atoms with E-state index in [-0.39, 0.29) is 0 Å². The lowest BCUT2D eigenvalue weighted by Crippen LogP contribution is -2.52. The van der Waals surface area contributed by atoms with Crippen molar-refractivity contribution in [2.24, 2.45) is 35.0 Å². The molecule has 2 aromatic rings. The Bertz CT molecular complexity index is 954. The van der Waals surface area contributed by atoms with Gasteiger partial charge >= 0.3 is 0 Å². The minimum Gasteiger partial charge on any atom is -0.0620 e. The molecule has 4 unspecified atom stereocenters. The fraction of sp³-hybridized carbons (Fsp3) is 0.613. The highest BCUT2D eigenvalue weighted by Gasteiger charge is 2.65. The van der Waals surface area contributed by atoms with Crippen molar-refractivity contribution in [3.05, 3.63) is 70.8 Å². The molecule has 0 amide bonds. The van der Waals surface area contributed by atoms with E-state index in [1.165, 1.54) is 56.1 Å². The summed E-state index contributed by atoms with van der Waals surface area (Å²) in [4.78, 5) is 0. The molecule has 164 valence electrons. The molecule has 0 bridgehead atoms. The number of hydrogen-bond acceptors (Lipinski definition) is 0. The Labute approximate surface area is 189 Å². The topological polar surface area (TPSA) is 0 Å². The van der Waals surface area contributed by atoms with Crippen molar-refractivity contribution in [3.8, 4) is 0 Å². The monoisotopic (exact) mass is 412 g/mol. The maximum atomic E-state index is 2.68. The first-order valence-corrected chi connectivity index (χ1v) is 13.2. The van der Waals surface area contributed by atoms with E-state index in [0.717, 1.165) is 41.4 Å². The van der Waals surface area contributed by atoms with Crippen LogP contribution < -0.4 is 0 Å². The Kier molecular flexibility index (Phi) is 4.86. The van der Waals surface area contributed by atoms with Crippen LogP contribution >= 0.6 is 0 Å². The molecule has 0 nitrogen and oxygen atoms in total. The van der Waals surface area contributed by atoms with Crippen molar-refractivity contribution in [3.63, 3.8) is 0 Å². The Morgan fingerprint density at radius 3 is 1.84 bits per heavy atom. The zero-order valence-electron chi connectivity index (χ0n) is 19.8. The summed E-state index contributed by atoms with van der Waals surface area (Å²) in [6, 6.07) is 18.6. The summed E-state index contributed by atoms with van der Waals surface area (Å²) in [5.74, 6) is 6.39. The minimum atomic E-state index is 0.652. The van der Waals surface area contributed by atoms with Crippen LogP contribution in [-0.4, -0.2) is 0 Å². The number of benzene rings is 2. The molecule has 0 aromatic heterocycles. The standard InChI is InChI=1S/C31H40/c1-20-9-4-6-12-28(20)24-15-22(3)31-26(16-23-11-8-14-30(23)31)18-25(19-27(31)17-24)29-13-7-5-10-21(29)2/h4-7,9-10,12-13,22-27,30H,8,11,14-19H2,1-3H3/t22-,23?,24?,25?,26+,27-,30?,31-/m0/s1. The van der Waals surface area contributed by atoms with Crippen LogP contribution in [0.4, 0.5) is 0 Å². The highest BCUT2D eigenvalue weighted by atomic mass is 14.7. The number of rotatable bonds is 2. The van der Waals surface area contributed by atoms with Crippen molar-refractivity contribution in [2.75, 3.05) is 0 Å². The van der Waals surface area contributed by atoms with Gasteiger partial charge in [-0.05, 0) is 121 Å². The van der Waals surface area contributed by atoms with Crippen molar-refractivity contribution in [2.45, 2.75) is 84.0 Å². The van der Waals surface area contributed by atoms with Gasteiger partial charge in [0.25, 0.3) is 0 Å². The second-order valence-electron chi connectivity index (χ2n) is 11.9. The lowest BCUT2D eigenvalue weighted by molar-refractivity contribution is -0.0888. The fourth-order valence-electron chi connectivity index (χ4n) is 9.91. The summed E-state index contributed by atoms with van der Waals surface area (Å²) in [5, 5.41) is 0. The van der Waals surface area contributed by atoms with Crippen molar-refractivity contribution in [1.82, 2.24) is 0 Å². The SMILES string of the molecule is Cc1ccccc1C1C[C@@H]2CC(c3ccccc3C)C[C@H](C)[C@@]23C2CCCC2C[C@@H]3C1. The first-order chi connectivity index (χ1) is 15.1. The van der Waals surface area contributed by atoms with E-state index in [4.69, 9.17) is 0 Å². The van der Waals surface area contributed by atoms with Gasteiger partial charge in [0.05, 0.1) is 0 Å². The Balaban J connectivity index is 1.40. The van der Waals surface area contributed by atoms with Gasteiger partial charge in [-0.2, -0.15) is 0 Å². The second kappa shape index (κ2) is 7.50. The predicted molar refractivity (Wildman–Crippen MR) is 130 cm³/mol. The molecule has 4 aliphatic rings. The summed E-state index contributed by atoms with van der Waals surface area (Å²) in [6.45, 7) is 7.37. The van der Waals surface area contributed by atoms with Crippen LogP contribution in [0.25, 0.3) is 0 Å². The number of hydrogen-bond donors (Lipinski definition) is 0. The first kappa shape index (κ1) is 20.1. The zero-order chi connectivity index (χ0) is 21.2. The molecule has 4 saturated carbocycles. The predicted octanol–water partition coefficient (Wildman–Crippen LogP) is 8.43.